The molecule has 96 valence electrons. The normalized spacial score (nSPS) is 10.8. The average molecular weight is 270 g/mol. The molecule has 0 aliphatic carbocycles. The van der Waals surface area contributed by atoms with Gasteiger partial charge in [-0.05, 0) is 36.1 Å². The van der Waals surface area contributed by atoms with Crippen molar-refractivity contribution in [2.24, 2.45) is 0 Å². The molecule has 0 aliphatic rings. The van der Waals surface area contributed by atoms with E-state index in [0.717, 1.165) is 10.5 Å². The van der Waals surface area contributed by atoms with Gasteiger partial charge in [-0.15, -0.1) is 11.8 Å². The number of aromatic hydroxyl groups is 1. The van der Waals surface area contributed by atoms with E-state index in [2.05, 4.69) is 0 Å². The smallest absolute Gasteiger partial charge is 0.189 e. The summed E-state index contributed by atoms with van der Waals surface area (Å²) in [6.07, 6.45) is 5.14. The topological polar surface area (TPSA) is 37.3 Å². The van der Waals surface area contributed by atoms with Gasteiger partial charge in [0.1, 0.15) is 5.75 Å². The van der Waals surface area contributed by atoms with Crippen molar-refractivity contribution in [2.75, 3.05) is 6.26 Å². The number of hydrogen-bond acceptors (Lipinski definition) is 3. The lowest BCUT2D eigenvalue weighted by atomic mass is 10.1. The van der Waals surface area contributed by atoms with Crippen LogP contribution in [0.1, 0.15) is 15.9 Å². The molecule has 2 aromatic carbocycles. The zero-order valence-corrected chi connectivity index (χ0v) is 11.4. The predicted molar refractivity (Wildman–Crippen MR) is 79.7 cm³/mol. The number of hydrogen-bond donors (Lipinski definition) is 1. The van der Waals surface area contributed by atoms with E-state index in [9.17, 15) is 9.90 Å². The van der Waals surface area contributed by atoms with Crippen molar-refractivity contribution in [3.63, 3.8) is 0 Å². The van der Waals surface area contributed by atoms with Gasteiger partial charge in [0.2, 0.25) is 0 Å². The summed E-state index contributed by atoms with van der Waals surface area (Å²) in [6, 6.07) is 14.7. The molecule has 2 rings (SSSR count). The molecule has 2 nitrogen and oxygen atoms in total. The summed E-state index contributed by atoms with van der Waals surface area (Å²) < 4.78 is 0. The van der Waals surface area contributed by atoms with Gasteiger partial charge >= 0.3 is 0 Å². The third-order valence-corrected chi connectivity index (χ3v) is 3.42. The molecule has 0 saturated carbocycles. The lowest BCUT2D eigenvalue weighted by molar-refractivity contribution is 0.104. The van der Waals surface area contributed by atoms with Crippen LogP contribution in [0.4, 0.5) is 0 Å². The predicted octanol–water partition coefficient (Wildman–Crippen LogP) is 4.01. The number of ketones is 1. The molecule has 0 unspecified atom stereocenters. The molecule has 0 radical (unpaired) electrons. The van der Waals surface area contributed by atoms with Gasteiger partial charge in [0.05, 0.1) is 5.56 Å². The van der Waals surface area contributed by atoms with Crippen molar-refractivity contribution in [1.29, 1.82) is 0 Å². The summed E-state index contributed by atoms with van der Waals surface area (Å²) >= 11 is 1.52. The molecule has 0 fully saturated rings. The highest BCUT2D eigenvalue weighted by molar-refractivity contribution is 7.98. The van der Waals surface area contributed by atoms with E-state index in [0.29, 0.717) is 5.56 Å². The zero-order chi connectivity index (χ0) is 13.7. The second-order valence-corrected chi connectivity index (χ2v) is 4.87. The van der Waals surface area contributed by atoms with Gasteiger partial charge in [-0.1, -0.05) is 36.4 Å². The van der Waals surface area contributed by atoms with Crippen LogP contribution >= 0.6 is 11.8 Å². The van der Waals surface area contributed by atoms with Crippen LogP contribution in [0.2, 0.25) is 0 Å². The number of phenolic OH excluding ortho intramolecular Hbond substituents is 1. The minimum Gasteiger partial charge on any atom is -0.507 e. The fraction of sp³-hybridized carbons (Fsp3) is 0.0625. The molecule has 0 bridgehead atoms. The Morgan fingerprint density at radius 2 is 1.89 bits per heavy atom. The van der Waals surface area contributed by atoms with E-state index in [1.54, 1.807) is 18.2 Å². The third kappa shape index (κ3) is 3.48. The van der Waals surface area contributed by atoms with Crippen molar-refractivity contribution in [3.05, 3.63) is 65.7 Å². The second-order valence-electron chi connectivity index (χ2n) is 3.99. The Balaban J connectivity index is 2.19. The Labute approximate surface area is 116 Å². The number of carbonyl (C=O) groups excluding carboxylic acids is 1. The van der Waals surface area contributed by atoms with Crippen LogP contribution < -0.4 is 0 Å². The largest absolute Gasteiger partial charge is 0.507 e. The van der Waals surface area contributed by atoms with E-state index in [4.69, 9.17) is 0 Å². The first-order chi connectivity index (χ1) is 9.20. The minimum atomic E-state index is -0.200. The molecule has 0 heterocycles. The van der Waals surface area contributed by atoms with Crippen molar-refractivity contribution >= 4 is 23.6 Å². The summed E-state index contributed by atoms with van der Waals surface area (Å²) in [6.45, 7) is 0. The Morgan fingerprint density at radius 3 is 2.53 bits per heavy atom. The second kappa shape index (κ2) is 6.25. The zero-order valence-electron chi connectivity index (χ0n) is 10.5. The van der Waals surface area contributed by atoms with Gasteiger partial charge in [0.25, 0.3) is 0 Å². The molecule has 1 N–H and O–H groups in total. The summed E-state index contributed by atoms with van der Waals surface area (Å²) in [5, 5.41) is 9.82. The van der Waals surface area contributed by atoms with Crippen LogP contribution in [0.5, 0.6) is 5.75 Å². The molecule has 0 aromatic heterocycles. The summed E-state index contributed by atoms with van der Waals surface area (Å²) in [5.74, 6) is -0.177. The van der Waals surface area contributed by atoms with Gasteiger partial charge < -0.3 is 5.11 Å². The van der Waals surface area contributed by atoms with Crippen LogP contribution in [0.15, 0.2) is 59.5 Å². The van der Waals surface area contributed by atoms with E-state index in [-0.39, 0.29) is 11.5 Å². The van der Waals surface area contributed by atoms with Gasteiger partial charge in [0.15, 0.2) is 5.78 Å². The molecular formula is C16H14O2S. The number of rotatable bonds is 4. The lowest BCUT2D eigenvalue weighted by Gasteiger charge is -2.02. The first kappa shape index (κ1) is 13.4. The summed E-state index contributed by atoms with van der Waals surface area (Å²) in [7, 11) is 0. The number of allylic oxidation sites excluding steroid dienone is 1. The highest BCUT2D eigenvalue weighted by Crippen LogP contribution is 2.25. The fourth-order valence-electron chi connectivity index (χ4n) is 1.67. The maximum Gasteiger partial charge on any atom is 0.189 e. The fourth-order valence-corrected chi connectivity index (χ4v) is 2.11. The Hall–Kier alpha value is -2.00. The highest BCUT2D eigenvalue weighted by Gasteiger charge is 2.08. The lowest BCUT2D eigenvalue weighted by Crippen LogP contribution is -1.94. The van der Waals surface area contributed by atoms with Crippen molar-refractivity contribution in [2.45, 2.75) is 4.90 Å². The molecule has 3 heteroatoms. The van der Waals surface area contributed by atoms with Crippen LogP contribution in [-0.2, 0) is 0 Å². The van der Waals surface area contributed by atoms with Gasteiger partial charge in [-0.25, -0.2) is 0 Å². The SMILES string of the molecule is CSc1ccc(C(=O)C=Cc2ccccc2)c(O)c1. The van der Waals surface area contributed by atoms with Crippen molar-refractivity contribution in [3.8, 4) is 5.75 Å². The first-order valence-corrected chi connectivity index (χ1v) is 7.07. The van der Waals surface area contributed by atoms with Gasteiger partial charge in [-0.2, -0.15) is 0 Å². The summed E-state index contributed by atoms with van der Waals surface area (Å²) in [5.41, 5.74) is 1.28. The average Bonchev–Trinajstić information content (AvgIpc) is 2.45. The quantitative estimate of drug-likeness (QED) is 0.518. The van der Waals surface area contributed by atoms with Gasteiger partial charge in [0, 0.05) is 4.90 Å². The molecule has 0 saturated heterocycles. The molecule has 19 heavy (non-hydrogen) atoms. The third-order valence-electron chi connectivity index (χ3n) is 2.70. The summed E-state index contributed by atoms with van der Waals surface area (Å²) in [4.78, 5) is 12.9. The Morgan fingerprint density at radius 1 is 1.16 bits per heavy atom. The van der Waals surface area contributed by atoms with Crippen LogP contribution in [0, 0.1) is 0 Å². The minimum absolute atomic E-state index is 0.0227. The van der Waals surface area contributed by atoms with Gasteiger partial charge in [-0.3, -0.25) is 4.79 Å². The Bertz CT molecular complexity index is 603. The molecule has 0 spiro atoms. The first-order valence-electron chi connectivity index (χ1n) is 5.85. The molecule has 2 aromatic rings. The van der Waals surface area contributed by atoms with Crippen molar-refractivity contribution in [1.82, 2.24) is 0 Å². The standard InChI is InChI=1S/C16H14O2S/c1-19-13-8-9-14(16(18)11-13)15(17)10-7-12-5-3-2-4-6-12/h2-11,18H,1H3. The number of phenols is 1. The Kier molecular flexibility index (Phi) is 4.42. The highest BCUT2D eigenvalue weighted by atomic mass is 32.2. The molecular weight excluding hydrogens is 256 g/mol. The maximum atomic E-state index is 12.0. The maximum absolute atomic E-state index is 12.0. The van der Waals surface area contributed by atoms with E-state index in [1.165, 1.54) is 17.8 Å². The van der Waals surface area contributed by atoms with E-state index < -0.39 is 0 Å². The van der Waals surface area contributed by atoms with E-state index in [1.807, 2.05) is 42.7 Å². The number of carbonyl (C=O) groups is 1. The molecule has 0 aliphatic heterocycles. The van der Waals surface area contributed by atoms with Crippen LogP contribution in [0.3, 0.4) is 0 Å². The van der Waals surface area contributed by atoms with Crippen LogP contribution in [-0.4, -0.2) is 17.1 Å². The van der Waals surface area contributed by atoms with Crippen LogP contribution in [0.25, 0.3) is 6.08 Å². The molecule has 0 amide bonds. The van der Waals surface area contributed by atoms with E-state index >= 15 is 0 Å². The molecule has 0 atom stereocenters. The number of thioether (sulfide) groups is 1. The monoisotopic (exact) mass is 270 g/mol. The number of benzene rings is 2. The van der Waals surface area contributed by atoms with Crippen molar-refractivity contribution < 1.29 is 9.90 Å².